The molecule has 0 heterocycles. The number of aliphatic hydroxyl groups is 3. The van der Waals surface area contributed by atoms with E-state index < -0.39 is 5.60 Å². The number of fused-ring (bicyclic) bond motifs is 5. The van der Waals surface area contributed by atoms with Crippen LogP contribution < -0.4 is 5.32 Å². The van der Waals surface area contributed by atoms with E-state index in [0.29, 0.717) is 11.8 Å². The first kappa shape index (κ1) is 31.5. The van der Waals surface area contributed by atoms with Gasteiger partial charge in [0.15, 0.2) is 0 Å². The van der Waals surface area contributed by atoms with Crippen molar-refractivity contribution >= 4 is 0 Å². The van der Waals surface area contributed by atoms with Gasteiger partial charge in [-0.2, -0.15) is 0 Å². The summed E-state index contributed by atoms with van der Waals surface area (Å²) in [4.78, 5) is 0. The summed E-state index contributed by atoms with van der Waals surface area (Å²) in [6, 6.07) is 10.7. The third kappa shape index (κ3) is 5.36. The van der Waals surface area contributed by atoms with Gasteiger partial charge < -0.3 is 20.6 Å². The minimum Gasteiger partial charge on any atom is -0.393 e. The smallest absolute Gasteiger partial charge is 0.0652 e. The number of unbranched alkanes of at least 4 members (excludes halogenated alkanes) is 1. The van der Waals surface area contributed by atoms with E-state index in [2.05, 4.69) is 77.2 Å². The highest BCUT2D eigenvalue weighted by Crippen LogP contribution is 2.75. The average molecular weight is 568 g/mol. The molecule has 41 heavy (non-hydrogen) atoms. The van der Waals surface area contributed by atoms with Gasteiger partial charge in [-0.25, -0.2) is 0 Å². The lowest BCUT2D eigenvalue weighted by Crippen LogP contribution is -2.66. The quantitative estimate of drug-likeness (QED) is 0.227. The second-order valence-electron chi connectivity index (χ2n) is 16.5. The van der Waals surface area contributed by atoms with Crippen LogP contribution in [0.1, 0.15) is 118 Å². The van der Waals surface area contributed by atoms with Crippen molar-refractivity contribution in [3.63, 3.8) is 0 Å². The maximum Gasteiger partial charge on any atom is 0.0652 e. The molecule has 4 fully saturated rings. The van der Waals surface area contributed by atoms with Crippen molar-refractivity contribution in [2.24, 2.45) is 45.3 Å². The molecule has 4 saturated carbocycles. The minimum absolute atomic E-state index is 0.0369. The van der Waals surface area contributed by atoms with Crippen molar-refractivity contribution < 1.29 is 15.3 Å². The molecule has 4 heteroatoms. The van der Waals surface area contributed by atoms with Crippen LogP contribution in [0.25, 0.3) is 0 Å². The normalized spacial score (nSPS) is 43.0. The molecule has 0 aliphatic heterocycles. The highest BCUT2D eigenvalue weighted by molar-refractivity contribution is 5.20. The van der Waals surface area contributed by atoms with E-state index >= 15 is 0 Å². The van der Waals surface area contributed by atoms with Gasteiger partial charge in [0.1, 0.15) is 0 Å². The Bertz CT molecular complexity index is 1020. The van der Waals surface area contributed by atoms with E-state index in [0.717, 1.165) is 64.5 Å². The SMILES string of the molecule is CC1(C)C2CC[C@]3(C)C(C[C@@H](O)C4[C@@H]([C@@](C)(O)CCCNCCCCc5ccccc5)CC[C@]43C)[C@@]2(C)CC[C@@H]1O. The van der Waals surface area contributed by atoms with Gasteiger partial charge in [-0.05, 0) is 148 Å². The Balaban J connectivity index is 1.18. The summed E-state index contributed by atoms with van der Waals surface area (Å²) in [5.41, 5.74) is 0.940. The molecule has 0 saturated heterocycles. The molecular formula is C37H61NO3. The molecule has 232 valence electrons. The Labute approximate surface area is 251 Å². The van der Waals surface area contributed by atoms with Crippen LogP contribution in [0.5, 0.6) is 0 Å². The van der Waals surface area contributed by atoms with E-state index in [-0.39, 0.29) is 45.7 Å². The first-order valence-electron chi connectivity index (χ1n) is 17.1. The zero-order valence-electron chi connectivity index (χ0n) is 27.1. The molecule has 0 bridgehead atoms. The van der Waals surface area contributed by atoms with Gasteiger partial charge in [-0.3, -0.25) is 0 Å². The van der Waals surface area contributed by atoms with Crippen LogP contribution in [0.2, 0.25) is 0 Å². The highest BCUT2D eigenvalue weighted by Gasteiger charge is 2.71. The molecule has 0 aromatic heterocycles. The summed E-state index contributed by atoms with van der Waals surface area (Å²) in [6.45, 7) is 16.1. The summed E-state index contributed by atoms with van der Waals surface area (Å²) in [7, 11) is 0. The maximum absolute atomic E-state index is 11.9. The van der Waals surface area contributed by atoms with Crippen LogP contribution in [0, 0.1) is 45.3 Å². The summed E-state index contributed by atoms with van der Waals surface area (Å²) >= 11 is 0. The summed E-state index contributed by atoms with van der Waals surface area (Å²) in [5.74, 6) is 1.27. The summed E-state index contributed by atoms with van der Waals surface area (Å²) < 4.78 is 0. The maximum atomic E-state index is 11.9. The van der Waals surface area contributed by atoms with Crippen molar-refractivity contribution in [3.05, 3.63) is 35.9 Å². The molecule has 5 rings (SSSR count). The molecule has 0 amide bonds. The monoisotopic (exact) mass is 567 g/mol. The largest absolute Gasteiger partial charge is 0.393 e. The molecule has 0 radical (unpaired) electrons. The van der Waals surface area contributed by atoms with Gasteiger partial charge in [0.05, 0.1) is 17.8 Å². The average Bonchev–Trinajstić information content (AvgIpc) is 3.31. The highest BCUT2D eigenvalue weighted by atomic mass is 16.3. The molecule has 4 N–H and O–H groups in total. The topological polar surface area (TPSA) is 72.7 Å². The second kappa shape index (κ2) is 11.5. The molecule has 0 spiro atoms. The fourth-order valence-corrected chi connectivity index (χ4v) is 11.5. The lowest BCUT2D eigenvalue weighted by molar-refractivity contribution is -0.246. The Morgan fingerprint density at radius 1 is 0.829 bits per heavy atom. The van der Waals surface area contributed by atoms with Gasteiger partial charge >= 0.3 is 0 Å². The van der Waals surface area contributed by atoms with Crippen molar-refractivity contribution in [3.8, 4) is 0 Å². The molecule has 4 aliphatic rings. The van der Waals surface area contributed by atoms with Crippen LogP contribution in [0.4, 0.5) is 0 Å². The predicted molar refractivity (Wildman–Crippen MR) is 169 cm³/mol. The molecule has 4 aliphatic carbocycles. The molecular weight excluding hydrogens is 506 g/mol. The van der Waals surface area contributed by atoms with Crippen LogP contribution in [-0.2, 0) is 6.42 Å². The van der Waals surface area contributed by atoms with Crippen molar-refractivity contribution in [1.29, 1.82) is 0 Å². The van der Waals surface area contributed by atoms with Gasteiger partial charge in [0.25, 0.3) is 0 Å². The zero-order valence-corrected chi connectivity index (χ0v) is 27.1. The lowest BCUT2D eigenvalue weighted by atomic mass is 9.35. The number of aliphatic hydroxyl groups excluding tert-OH is 2. The third-order valence-corrected chi connectivity index (χ3v) is 14.1. The van der Waals surface area contributed by atoms with E-state index in [1.165, 1.54) is 31.2 Å². The summed E-state index contributed by atoms with van der Waals surface area (Å²) in [6.07, 6.45) is 12.0. The van der Waals surface area contributed by atoms with E-state index in [9.17, 15) is 15.3 Å². The number of nitrogens with one attached hydrogen (secondary N) is 1. The van der Waals surface area contributed by atoms with Crippen molar-refractivity contribution in [1.82, 2.24) is 5.32 Å². The number of hydrogen-bond acceptors (Lipinski definition) is 4. The lowest BCUT2D eigenvalue weighted by Gasteiger charge is -2.70. The number of aryl methyl sites for hydroxylation is 1. The van der Waals surface area contributed by atoms with E-state index in [1.807, 2.05) is 0 Å². The minimum atomic E-state index is -0.750. The zero-order chi connectivity index (χ0) is 29.7. The summed E-state index contributed by atoms with van der Waals surface area (Å²) in [5, 5.41) is 38.4. The molecule has 1 aromatic rings. The van der Waals surface area contributed by atoms with Crippen LogP contribution in [-0.4, -0.2) is 46.2 Å². The van der Waals surface area contributed by atoms with Crippen molar-refractivity contribution in [2.45, 2.75) is 136 Å². The number of hydrogen-bond donors (Lipinski definition) is 4. The van der Waals surface area contributed by atoms with E-state index in [4.69, 9.17) is 0 Å². The molecule has 4 nitrogen and oxygen atoms in total. The second-order valence-corrected chi connectivity index (χ2v) is 16.5. The van der Waals surface area contributed by atoms with Gasteiger partial charge in [-0.1, -0.05) is 65.0 Å². The van der Waals surface area contributed by atoms with E-state index in [1.54, 1.807) is 0 Å². The fraction of sp³-hybridized carbons (Fsp3) is 0.838. The van der Waals surface area contributed by atoms with Gasteiger partial charge in [0.2, 0.25) is 0 Å². The standard InChI is InChI=1S/C37H61NO3/c1-33(2)29-17-22-35(4)30(34(29,3)20-18-31(33)40)25-28(39)32-27(16-21-36(32,35)5)37(6,41)19-12-24-38-23-11-10-15-26-13-8-7-9-14-26/h7-9,13-14,27-32,38-41H,10-12,15-25H2,1-6H3/t27-,28+,29?,30?,31-,32?,34-,35+,36+,37-/m0/s1. The van der Waals surface area contributed by atoms with Crippen LogP contribution in [0.15, 0.2) is 30.3 Å². The molecule has 10 atom stereocenters. The predicted octanol–water partition coefficient (Wildman–Crippen LogP) is 7.15. The first-order chi connectivity index (χ1) is 19.3. The van der Waals surface area contributed by atoms with Crippen LogP contribution in [0.3, 0.4) is 0 Å². The van der Waals surface area contributed by atoms with Gasteiger partial charge in [0, 0.05) is 0 Å². The number of benzene rings is 1. The molecule has 3 unspecified atom stereocenters. The Morgan fingerprint density at radius 2 is 1.51 bits per heavy atom. The van der Waals surface area contributed by atoms with Gasteiger partial charge in [-0.15, -0.1) is 0 Å². The Kier molecular flexibility index (Phi) is 8.85. The Morgan fingerprint density at radius 3 is 2.24 bits per heavy atom. The third-order valence-electron chi connectivity index (χ3n) is 14.1. The molecule has 1 aromatic carbocycles. The Hall–Kier alpha value is -0.940. The first-order valence-corrected chi connectivity index (χ1v) is 17.1. The number of rotatable bonds is 10. The van der Waals surface area contributed by atoms with Crippen molar-refractivity contribution in [2.75, 3.05) is 13.1 Å². The fourth-order valence-electron chi connectivity index (χ4n) is 11.5. The van der Waals surface area contributed by atoms with Crippen LogP contribution >= 0.6 is 0 Å².